The number of halogens is 3. The van der Waals surface area contributed by atoms with Crippen LogP contribution in [-0.2, 0) is 6.42 Å². The molecule has 21 heavy (non-hydrogen) atoms. The Kier molecular flexibility index (Phi) is 5.81. The van der Waals surface area contributed by atoms with Crippen molar-refractivity contribution < 1.29 is 17.9 Å². The molecule has 0 aromatic heterocycles. The van der Waals surface area contributed by atoms with Crippen LogP contribution in [0.4, 0.5) is 13.2 Å². The number of alkyl halides is 3. The summed E-state index contributed by atoms with van der Waals surface area (Å²) in [5.74, 6) is 0.700. The van der Waals surface area contributed by atoms with E-state index in [4.69, 9.17) is 5.73 Å². The second-order valence-electron chi connectivity index (χ2n) is 5.40. The van der Waals surface area contributed by atoms with E-state index in [1.165, 1.54) is 37.8 Å². The molecule has 1 saturated carbocycles. The smallest absolute Gasteiger partial charge is 0.406 e. The minimum Gasteiger partial charge on any atom is -0.406 e. The summed E-state index contributed by atoms with van der Waals surface area (Å²) in [4.78, 5) is 0. The van der Waals surface area contributed by atoms with E-state index in [-0.39, 0.29) is 11.8 Å². The predicted octanol–water partition coefficient (Wildman–Crippen LogP) is 4.13. The summed E-state index contributed by atoms with van der Waals surface area (Å²) in [6.07, 6.45) is 1.21. The Bertz CT molecular complexity index is 430. The fourth-order valence-electron chi connectivity index (χ4n) is 2.50. The van der Waals surface area contributed by atoms with Crippen molar-refractivity contribution in [2.24, 2.45) is 5.73 Å². The third-order valence-electron chi connectivity index (χ3n) is 3.50. The van der Waals surface area contributed by atoms with Crippen molar-refractivity contribution in [1.82, 2.24) is 0 Å². The number of rotatable bonds is 6. The van der Waals surface area contributed by atoms with E-state index in [1.54, 1.807) is 12.1 Å². The van der Waals surface area contributed by atoms with Crippen LogP contribution in [0.1, 0.15) is 31.2 Å². The Morgan fingerprint density at radius 2 is 1.81 bits per heavy atom. The van der Waals surface area contributed by atoms with Gasteiger partial charge in [0.2, 0.25) is 0 Å². The number of hydrogen-bond acceptors (Lipinski definition) is 3. The summed E-state index contributed by atoms with van der Waals surface area (Å²) in [5.41, 5.74) is 7.03. The zero-order valence-corrected chi connectivity index (χ0v) is 12.6. The summed E-state index contributed by atoms with van der Waals surface area (Å²) < 4.78 is 40.0. The molecule has 0 heterocycles. The van der Waals surface area contributed by atoms with E-state index in [9.17, 15) is 13.2 Å². The molecule has 1 aromatic carbocycles. The van der Waals surface area contributed by atoms with Gasteiger partial charge in [0.25, 0.3) is 0 Å². The number of hydrogen-bond donors (Lipinski definition) is 1. The predicted molar refractivity (Wildman–Crippen MR) is 79.5 cm³/mol. The molecule has 2 nitrogen and oxygen atoms in total. The van der Waals surface area contributed by atoms with Crippen molar-refractivity contribution in [3.05, 3.63) is 29.8 Å². The van der Waals surface area contributed by atoms with E-state index < -0.39 is 6.36 Å². The molecular formula is C15H20F3NOS. The second-order valence-corrected chi connectivity index (χ2v) is 6.73. The van der Waals surface area contributed by atoms with Crippen LogP contribution in [0.15, 0.2) is 24.3 Å². The Morgan fingerprint density at radius 1 is 1.19 bits per heavy atom. The SMILES string of the molecule is NC(CSC1CCCC1)Cc1ccc(OC(F)(F)F)cc1. The molecular weight excluding hydrogens is 299 g/mol. The average molecular weight is 319 g/mol. The minimum atomic E-state index is -4.64. The highest BCUT2D eigenvalue weighted by Gasteiger charge is 2.30. The van der Waals surface area contributed by atoms with E-state index >= 15 is 0 Å². The largest absolute Gasteiger partial charge is 0.573 e. The molecule has 118 valence electrons. The van der Waals surface area contributed by atoms with Gasteiger partial charge >= 0.3 is 6.36 Å². The van der Waals surface area contributed by atoms with Crippen LogP contribution in [0.3, 0.4) is 0 Å². The van der Waals surface area contributed by atoms with Gasteiger partial charge in [0.05, 0.1) is 0 Å². The maximum absolute atomic E-state index is 12.1. The Balaban J connectivity index is 1.76. The van der Waals surface area contributed by atoms with Gasteiger partial charge in [-0.3, -0.25) is 0 Å². The van der Waals surface area contributed by atoms with Crippen LogP contribution < -0.4 is 10.5 Å². The molecule has 0 radical (unpaired) electrons. The molecule has 6 heteroatoms. The third-order valence-corrected chi connectivity index (χ3v) is 5.07. The summed E-state index contributed by atoms with van der Waals surface area (Å²) >= 11 is 1.92. The van der Waals surface area contributed by atoms with Gasteiger partial charge < -0.3 is 10.5 Å². The Hall–Kier alpha value is -0.880. The van der Waals surface area contributed by atoms with Crippen LogP contribution >= 0.6 is 11.8 Å². The molecule has 2 N–H and O–H groups in total. The molecule has 1 aromatic rings. The lowest BCUT2D eigenvalue weighted by Crippen LogP contribution is -2.26. The van der Waals surface area contributed by atoms with Crippen LogP contribution in [0.25, 0.3) is 0 Å². The van der Waals surface area contributed by atoms with Gasteiger partial charge in [0, 0.05) is 17.0 Å². The lowest BCUT2D eigenvalue weighted by atomic mass is 10.1. The Morgan fingerprint density at radius 3 is 2.38 bits per heavy atom. The lowest BCUT2D eigenvalue weighted by molar-refractivity contribution is -0.274. The average Bonchev–Trinajstić information content (AvgIpc) is 2.90. The third kappa shape index (κ3) is 6.18. The van der Waals surface area contributed by atoms with Crippen LogP contribution in [0, 0.1) is 0 Å². The first-order valence-electron chi connectivity index (χ1n) is 7.14. The molecule has 0 aliphatic heterocycles. The molecule has 2 rings (SSSR count). The summed E-state index contributed by atoms with van der Waals surface area (Å²) in [6.45, 7) is 0. The highest BCUT2D eigenvalue weighted by molar-refractivity contribution is 7.99. The molecule has 0 saturated heterocycles. The standard InChI is InChI=1S/C15H20F3NOS/c16-15(17,18)20-13-7-5-11(6-8-13)9-12(19)10-21-14-3-1-2-4-14/h5-8,12,14H,1-4,9-10,19H2. The second kappa shape index (κ2) is 7.40. The number of nitrogens with two attached hydrogens (primary N) is 1. The van der Waals surface area contributed by atoms with Gasteiger partial charge in [-0.25, -0.2) is 0 Å². The summed E-state index contributed by atoms with van der Waals surface area (Å²) in [5, 5.41) is 0.735. The summed E-state index contributed by atoms with van der Waals surface area (Å²) in [7, 11) is 0. The molecule has 1 unspecified atom stereocenters. The molecule has 1 aliphatic rings. The van der Waals surface area contributed by atoms with Crippen molar-refractivity contribution in [2.75, 3.05) is 5.75 Å². The van der Waals surface area contributed by atoms with Gasteiger partial charge in [-0.05, 0) is 37.0 Å². The molecule has 0 bridgehead atoms. The maximum atomic E-state index is 12.1. The van der Waals surface area contributed by atoms with Crippen LogP contribution in [0.2, 0.25) is 0 Å². The van der Waals surface area contributed by atoms with Crippen LogP contribution in [-0.4, -0.2) is 23.4 Å². The van der Waals surface area contributed by atoms with Crippen molar-refractivity contribution in [1.29, 1.82) is 0 Å². The van der Waals surface area contributed by atoms with Gasteiger partial charge in [0.15, 0.2) is 0 Å². The van der Waals surface area contributed by atoms with E-state index in [2.05, 4.69) is 4.74 Å². The monoisotopic (exact) mass is 319 g/mol. The fraction of sp³-hybridized carbons (Fsp3) is 0.600. The first-order valence-corrected chi connectivity index (χ1v) is 8.19. The maximum Gasteiger partial charge on any atom is 0.573 e. The normalized spacial score (nSPS) is 17.9. The van der Waals surface area contributed by atoms with Crippen molar-refractivity contribution in [3.63, 3.8) is 0 Å². The van der Waals surface area contributed by atoms with Crippen molar-refractivity contribution in [3.8, 4) is 5.75 Å². The molecule has 1 atom stereocenters. The highest BCUT2D eigenvalue weighted by atomic mass is 32.2. The fourth-order valence-corrected chi connectivity index (χ4v) is 3.81. The quantitative estimate of drug-likeness (QED) is 0.856. The van der Waals surface area contributed by atoms with Crippen molar-refractivity contribution in [2.45, 2.75) is 49.8 Å². The van der Waals surface area contributed by atoms with Gasteiger partial charge in [-0.1, -0.05) is 25.0 Å². The zero-order valence-electron chi connectivity index (χ0n) is 11.7. The van der Waals surface area contributed by atoms with E-state index in [1.807, 2.05) is 11.8 Å². The van der Waals surface area contributed by atoms with Gasteiger partial charge in [0.1, 0.15) is 5.75 Å². The molecule has 0 amide bonds. The topological polar surface area (TPSA) is 35.2 Å². The number of benzene rings is 1. The van der Waals surface area contributed by atoms with Crippen molar-refractivity contribution >= 4 is 11.8 Å². The van der Waals surface area contributed by atoms with E-state index in [0.717, 1.165) is 16.6 Å². The van der Waals surface area contributed by atoms with Gasteiger partial charge in [-0.2, -0.15) is 11.8 Å². The van der Waals surface area contributed by atoms with E-state index in [0.29, 0.717) is 6.42 Å². The Labute approximate surface area is 127 Å². The summed E-state index contributed by atoms with van der Waals surface area (Å²) in [6, 6.07) is 5.98. The highest BCUT2D eigenvalue weighted by Crippen LogP contribution is 2.30. The number of thioether (sulfide) groups is 1. The molecule has 1 fully saturated rings. The van der Waals surface area contributed by atoms with Crippen LogP contribution in [0.5, 0.6) is 5.75 Å². The van der Waals surface area contributed by atoms with Gasteiger partial charge in [-0.15, -0.1) is 13.2 Å². The number of ether oxygens (including phenoxy) is 1. The zero-order chi connectivity index (χ0) is 15.3. The first kappa shape index (κ1) is 16.5. The lowest BCUT2D eigenvalue weighted by Gasteiger charge is -2.15. The first-order chi connectivity index (χ1) is 9.92. The minimum absolute atomic E-state index is 0.0324. The molecule has 0 spiro atoms. The molecule has 1 aliphatic carbocycles.